The Morgan fingerprint density at radius 2 is 1.96 bits per heavy atom. The van der Waals surface area contributed by atoms with Gasteiger partial charge in [-0.1, -0.05) is 42.5 Å². The maximum Gasteiger partial charge on any atom is 0.348 e. The number of benzene rings is 2. The molecular formula is C21H15NO2S. The molecule has 122 valence electrons. The highest BCUT2D eigenvalue weighted by molar-refractivity contribution is 7.20. The number of esters is 1. The summed E-state index contributed by atoms with van der Waals surface area (Å²) >= 11 is 1.45. The number of nitrogens with zero attached hydrogens (tertiary/aromatic N) is 1. The summed E-state index contributed by atoms with van der Waals surface area (Å²) in [6, 6.07) is 18.1. The van der Waals surface area contributed by atoms with E-state index < -0.39 is 0 Å². The van der Waals surface area contributed by atoms with E-state index >= 15 is 0 Å². The Morgan fingerprint density at radius 1 is 1.08 bits per heavy atom. The van der Waals surface area contributed by atoms with Crippen LogP contribution in [0.3, 0.4) is 0 Å². The zero-order valence-electron chi connectivity index (χ0n) is 13.6. The van der Waals surface area contributed by atoms with Crippen molar-refractivity contribution in [1.82, 2.24) is 4.98 Å². The van der Waals surface area contributed by atoms with E-state index in [1.54, 1.807) is 0 Å². The van der Waals surface area contributed by atoms with Crippen LogP contribution in [0.1, 0.15) is 20.8 Å². The minimum atomic E-state index is -0.296. The lowest BCUT2D eigenvalue weighted by Crippen LogP contribution is -1.96. The minimum Gasteiger partial charge on any atom is -0.465 e. The Morgan fingerprint density at radius 3 is 2.84 bits per heavy atom. The van der Waals surface area contributed by atoms with Gasteiger partial charge in [0, 0.05) is 21.7 Å². The van der Waals surface area contributed by atoms with Crippen molar-refractivity contribution in [3.8, 4) is 0 Å². The first kappa shape index (κ1) is 15.5. The fraction of sp³-hybridized carbons (Fsp3) is 0.0476. The molecule has 0 amide bonds. The minimum absolute atomic E-state index is 0.296. The summed E-state index contributed by atoms with van der Waals surface area (Å²) in [4.78, 5) is 16.9. The summed E-state index contributed by atoms with van der Waals surface area (Å²) in [6.07, 6.45) is 5.97. The van der Waals surface area contributed by atoms with Gasteiger partial charge in [-0.05, 0) is 35.4 Å². The normalized spacial score (nSPS) is 11.4. The Hall–Kier alpha value is -2.98. The molecule has 2 aromatic heterocycles. The fourth-order valence-electron chi connectivity index (χ4n) is 2.80. The largest absolute Gasteiger partial charge is 0.465 e. The van der Waals surface area contributed by atoms with E-state index in [0.717, 1.165) is 32.1 Å². The summed E-state index contributed by atoms with van der Waals surface area (Å²) in [5.74, 6) is -0.296. The third-order valence-electron chi connectivity index (χ3n) is 4.05. The van der Waals surface area contributed by atoms with E-state index in [0.29, 0.717) is 4.88 Å². The standard InChI is InChI=1S/C21H15NO2S/c1-24-21(23)20-12-17-15(6-4-8-19(17)25-20)10-9-14-11-16-5-2-3-7-18(16)22-13-14/h2-13H,1H3. The molecule has 0 unspecified atom stereocenters. The Bertz CT molecular complexity index is 1110. The number of hydrogen-bond acceptors (Lipinski definition) is 4. The van der Waals surface area contributed by atoms with E-state index in [-0.39, 0.29) is 5.97 Å². The molecule has 4 heteroatoms. The van der Waals surface area contributed by atoms with Crippen LogP contribution in [0, 0.1) is 0 Å². The molecule has 3 nitrogen and oxygen atoms in total. The SMILES string of the molecule is COC(=O)c1cc2c(C=Cc3cnc4ccccc4c3)cccc2s1. The van der Waals surface area contributed by atoms with Crippen molar-refractivity contribution in [3.63, 3.8) is 0 Å². The molecule has 0 spiro atoms. The molecule has 0 saturated carbocycles. The van der Waals surface area contributed by atoms with E-state index in [1.807, 2.05) is 54.7 Å². The van der Waals surface area contributed by atoms with Gasteiger partial charge in [-0.15, -0.1) is 11.3 Å². The molecule has 4 aromatic rings. The van der Waals surface area contributed by atoms with Crippen LogP contribution >= 0.6 is 11.3 Å². The number of pyridine rings is 1. The number of methoxy groups -OCH3 is 1. The van der Waals surface area contributed by atoms with Crippen molar-refractivity contribution in [3.05, 3.63) is 76.8 Å². The highest BCUT2D eigenvalue weighted by atomic mass is 32.1. The second-order valence-corrected chi connectivity index (χ2v) is 6.74. The molecule has 0 fully saturated rings. The zero-order chi connectivity index (χ0) is 17.2. The molecule has 0 aliphatic heterocycles. The van der Waals surface area contributed by atoms with Crippen LogP contribution in [0.2, 0.25) is 0 Å². The van der Waals surface area contributed by atoms with Gasteiger partial charge in [0.05, 0.1) is 12.6 Å². The van der Waals surface area contributed by atoms with Crippen molar-refractivity contribution < 1.29 is 9.53 Å². The van der Waals surface area contributed by atoms with E-state index in [2.05, 4.69) is 23.2 Å². The smallest absolute Gasteiger partial charge is 0.348 e. The first-order valence-electron chi connectivity index (χ1n) is 7.88. The zero-order valence-corrected chi connectivity index (χ0v) is 14.4. The average Bonchev–Trinajstić information content (AvgIpc) is 3.10. The first-order valence-corrected chi connectivity index (χ1v) is 8.70. The lowest BCUT2D eigenvalue weighted by molar-refractivity contribution is 0.0606. The lowest BCUT2D eigenvalue weighted by Gasteiger charge is -1.99. The number of rotatable bonds is 3. The van der Waals surface area contributed by atoms with Crippen LogP contribution in [0.4, 0.5) is 0 Å². The summed E-state index contributed by atoms with van der Waals surface area (Å²) in [7, 11) is 1.40. The second kappa shape index (κ2) is 6.49. The van der Waals surface area contributed by atoms with Crippen molar-refractivity contribution in [2.75, 3.05) is 7.11 Å². The lowest BCUT2D eigenvalue weighted by atomic mass is 10.1. The fourth-order valence-corrected chi connectivity index (χ4v) is 3.81. The van der Waals surface area contributed by atoms with Crippen molar-refractivity contribution in [1.29, 1.82) is 0 Å². The third-order valence-corrected chi connectivity index (χ3v) is 5.13. The number of para-hydroxylation sites is 1. The number of ether oxygens (including phenoxy) is 1. The first-order chi connectivity index (χ1) is 12.2. The van der Waals surface area contributed by atoms with Crippen molar-refractivity contribution in [2.45, 2.75) is 0 Å². The number of thiophene rings is 1. The number of aromatic nitrogens is 1. The predicted molar refractivity (Wildman–Crippen MR) is 104 cm³/mol. The van der Waals surface area contributed by atoms with E-state index in [4.69, 9.17) is 4.74 Å². The molecule has 0 aliphatic carbocycles. The molecule has 0 bridgehead atoms. The third kappa shape index (κ3) is 3.04. The van der Waals surface area contributed by atoms with Gasteiger partial charge in [-0.2, -0.15) is 0 Å². The van der Waals surface area contributed by atoms with E-state index in [1.165, 1.54) is 18.4 Å². The Balaban J connectivity index is 1.72. The van der Waals surface area contributed by atoms with Crippen LogP contribution < -0.4 is 0 Å². The Kier molecular flexibility index (Phi) is 4.04. The maximum absolute atomic E-state index is 11.8. The van der Waals surface area contributed by atoms with Crippen molar-refractivity contribution >= 4 is 50.4 Å². The van der Waals surface area contributed by atoms with Gasteiger partial charge in [0.15, 0.2) is 0 Å². The molecule has 0 radical (unpaired) electrons. The highest BCUT2D eigenvalue weighted by Crippen LogP contribution is 2.30. The highest BCUT2D eigenvalue weighted by Gasteiger charge is 2.11. The maximum atomic E-state index is 11.8. The van der Waals surface area contributed by atoms with Crippen LogP contribution in [0.5, 0.6) is 0 Å². The van der Waals surface area contributed by atoms with Crippen molar-refractivity contribution in [2.24, 2.45) is 0 Å². The molecule has 2 aromatic carbocycles. The van der Waals surface area contributed by atoms with Gasteiger partial charge in [0.2, 0.25) is 0 Å². The molecular weight excluding hydrogens is 330 g/mol. The summed E-state index contributed by atoms with van der Waals surface area (Å²) < 4.78 is 5.89. The summed E-state index contributed by atoms with van der Waals surface area (Å²) in [5.41, 5.74) is 3.10. The monoisotopic (exact) mass is 345 g/mol. The number of hydrogen-bond donors (Lipinski definition) is 0. The molecule has 0 aliphatic rings. The summed E-state index contributed by atoms with van der Waals surface area (Å²) in [5, 5.41) is 2.17. The van der Waals surface area contributed by atoms with Gasteiger partial charge in [0.25, 0.3) is 0 Å². The molecule has 0 saturated heterocycles. The average molecular weight is 345 g/mol. The molecule has 25 heavy (non-hydrogen) atoms. The molecule has 4 rings (SSSR count). The molecule has 0 N–H and O–H groups in total. The second-order valence-electron chi connectivity index (χ2n) is 5.66. The van der Waals surface area contributed by atoms with Gasteiger partial charge in [0.1, 0.15) is 4.88 Å². The van der Waals surface area contributed by atoms with Gasteiger partial charge in [-0.25, -0.2) is 4.79 Å². The van der Waals surface area contributed by atoms with E-state index in [9.17, 15) is 4.79 Å². The number of carbonyl (C=O) groups is 1. The summed E-state index contributed by atoms with van der Waals surface area (Å²) in [6.45, 7) is 0. The predicted octanol–water partition coefficient (Wildman–Crippen LogP) is 5.41. The van der Waals surface area contributed by atoms with Crippen LogP contribution in [-0.2, 0) is 4.74 Å². The van der Waals surface area contributed by atoms with Gasteiger partial charge >= 0.3 is 5.97 Å². The van der Waals surface area contributed by atoms with Crippen LogP contribution in [0.25, 0.3) is 33.1 Å². The molecule has 2 heterocycles. The topological polar surface area (TPSA) is 39.2 Å². The quantitative estimate of drug-likeness (QED) is 0.466. The van der Waals surface area contributed by atoms with Gasteiger partial charge < -0.3 is 4.74 Å². The number of carbonyl (C=O) groups excluding carboxylic acids is 1. The molecule has 0 atom stereocenters. The number of fused-ring (bicyclic) bond motifs is 2. The van der Waals surface area contributed by atoms with Crippen LogP contribution in [0.15, 0.2) is 60.8 Å². The Labute approximate surface area is 149 Å². The van der Waals surface area contributed by atoms with Gasteiger partial charge in [-0.3, -0.25) is 4.98 Å². The van der Waals surface area contributed by atoms with Crippen LogP contribution in [-0.4, -0.2) is 18.1 Å².